The fourth-order valence-corrected chi connectivity index (χ4v) is 1.69. The third-order valence-corrected chi connectivity index (χ3v) is 3.05. The number of aromatic nitrogens is 2. The van der Waals surface area contributed by atoms with Crippen molar-refractivity contribution in [3.63, 3.8) is 0 Å². The monoisotopic (exact) mass is 324 g/mol. The van der Waals surface area contributed by atoms with Crippen LogP contribution < -0.4 is 10.9 Å². The van der Waals surface area contributed by atoms with E-state index in [0.29, 0.717) is 11.4 Å². The van der Waals surface area contributed by atoms with Crippen LogP contribution >= 0.6 is 0 Å². The molecule has 8 heteroatoms. The van der Waals surface area contributed by atoms with Gasteiger partial charge in [-0.3, -0.25) is 19.6 Å². The molecule has 0 aliphatic heterocycles. The molecule has 0 aliphatic carbocycles. The molecular weight excluding hydrogens is 308 g/mol. The molecule has 2 aromatic rings. The van der Waals surface area contributed by atoms with E-state index in [1.165, 1.54) is 0 Å². The molecule has 0 atom stereocenters. The summed E-state index contributed by atoms with van der Waals surface area (Å²) in [6.07, 6.45) is 6.44. The van der Waals surface area contributed by atoms with E-state index < -0.39 is 11.8 Å². The minimum absolute atomic E-state index is 0.551. The van der Waals surface area contributed by atoms with Gasteiger partial charge in [0, 0.05) is 35.9 Å². The number of amides is 2. The fourth-order valence-electron chi connectivity index (χ4n) is 1.69. The maximum atomic E-state index is 11.7. The predicted molar refractivity (Wildman–Crippen MR) is 89.2 cm³/mol. The van der Waals surface area contributed by atoms with E-state index in [2.05, 4.69) is 31.0 Å². The van der Waals surface area contributed by atoms with Crippen molar-refractivity contribution in [3.05, 3.63) is 60.2 Å². The second-order valence-electron chi connectivity index (χ2n) is 4.75. The van der Waals surface area contributed by atoms with Gasteiger partial charge < -0.3 is 0 Å². The van der Waals surface area contributed by atoms with Crippen molar-refractivity contribution >= 4 is 23.2 Å². The molecule has 0 aromatic carbocycles. The number of pyridine rings is 2. The topological polar surface area (TPSA) is 109 Å². The molecule has 0 unspecified atom stereocenters. The van der Waals surface area contributed by atoms with Crippen LogP contribution in [0.2, 0.25) is 0 Å². The molecule has 2 amide bonds. The molecule has 8 nitrogen and oxygen atoms in total. The Morgan fingerprint density at radius 2 is 1.08 bits per heavy atom. The Kier molecular flexibility index (Phi) is 5.84. The molecule has 2 heterocycles. The highest BCUT2D eigenvalue weighted by atomic mass is 16.2. The summed E-state index contributed by atoms with van der Waals surface area (Å²) in [6, 6.07) is 6.97. The average Bonchev–Trinajstić information content (AvgIpc) is 2.64. The first-order valence-corrected chi connectivity index (χ1v) is 7.07. The maximum Gasteiger partial charge on any atom is 0.331 e. The zero-order chi connectivity index (χ0) is 17.4. The van der Waals surface area contributed by atoms with Gasteiger partial charge in [0.15, 0.2) is 0 Å². The van der Waals surface area contributed by atoms with Gasteiger partial charge in [-0.05, 0) is 38.1 Å². The molecule has 0 bridgehead atoms. The summed E-state index contributed by atoms with van der Waals surface area (Å²) in [6.45, 7) is 3.42. The number of hydrogen-bond donors (Lipinski definition) is 2. The Labute approximate surface area is 138 Å². The van der Waals surface area contributed by atoms with Crippen LogP contribution in [0.25, 0.3) is 0 Å². The molecule has 0 aliphatic rings. The standard InChI is InChI=1S/C16H16N6O2/c1-11(13-3-7-17-8-4-13)19-21-15(23)16(24)22-20-12(2)14-5-9-18-10-6-14/h3-10H,1-2H3,(H,21,23)(H,22,24)/b19-11-,20-12-. The van der Waals surface area contributed by atoms with Gasteiger partial charge in [-0.15, -0.1) is 0 Å². The number of carbonyl (C=O) groups excluding carboxylic acids is 2. The van der Waals surface area contributed by atoms with Gasteiger partial charge in [0.2, 0.25) is 0 Å². The van der Waals surface area contributed by atoms with Crippen molar-refractivity contribution < 1.29 is 9.59 Å². The van der Waals surface area contributed by atoms with Gasteiger partial charge in [-0.2, -0.15) is 10.2 Å². The van der Waals surface area contributed by atoms with E-state index in [9.17, 15) is 9.59 Å². The number of hydrazone groups is 2. The van der Waals surface area contributed by atoms with Gasteiger partial charge in [0.05, 0.1) is 11.4 Å². The van der Waals surface area contributed by atoms with E-state index in [1.54, 1.807) is 62.9 Å². The molecule has 24 heavy (non-hydrogen) atoms. The van der Waals surface area contributed by atoms with Gasteiger partial charge >= 0.3 is 11.8 Å². The summed E-state index contributed by atoms with van der Waals surface area (Å²) in [5.41, 5.74) is 7.04. The lowest BCUT2D eigenvalue weighted by Crippen LogP contribution is -2.36. The van der Waals surface area contributed by atoms with Crippen LogP contribution in [0.1, 0.15) is 25.0 Å². The molecule has 122 valence electrons. The second-order valence-corrected chi connectivity index (χ2v) is 4.75. The lowest BCUT2D eigenvalue weighted by atomic mass is 10.2. The summed E-state index contributed by atoms with van der Waals surface area (Å²) >= 11 is 0. The zero-order valence-corrected chi connectivity index (χ0v) is 13.2. The first-order valence-electron chi connectivity index (χ1n) is 7.07. The Morgan fingerprint density at radius 3 is 1.42 bits per heavy atom. The SMILES string of the molecule is C/C(=N/NC(=O)C(=O)N/N=C(/C)c1ccncc1)c1ccncc1. The third kappa shape index (κ3) is 4.80. The summed E-state index contributed by atoms with van der Waals surface area (Å²) in [7, 11) is 0. The summed E-state index contributed by atoms with van der Waals surface area (Å²) in [5, 5.41) is 7.74. The van der Waals surface area contributed by atoms with Crippen LogP contribution in [0.15, 0.2) is 59.3 Å². The Morgan fingerprint density at radius 1 is 0.750 bits per heavy atom. The predicted octanol–water partition coefficient (Wildman–Crippen LogP) is 0.857. The number of hydrogen-bond acceptors (Lipinski definition) is 6. The smallest absolute Gasteiger partial charge is 0.265 e. The van der Waals surface area contributed by atoms with Gasteiger partial charge in [0.25, 0.3) is 0 Å². The third-order valence-electron chi connectivity index (χ3n) is 3.05. The van der Waals surface area contributed by atoms with Crippen LogP contribution in [0, 0.1) is 0 Å². The van der Waals surface area contributed by atoms with E-state index in [1.807, 2.05) is 0 Å². The Hall–Kier alpha value is -3.42. The lowest BCUT2D eigenvalue weighted by molar-refractivity contribution is -0.139. The number of carbonyl (C=O) groups is 2. The summed E-state index contributed by atoms with van der Waals surface area (Å²) in [4.78, 5) is 31.2. The normalized spacial score (nSPS) is 11.8. The highest BCUT2D eigenvalue weighted by Crippen LogP contribution is 1.98. The molecule has 2 aromatic heterocycles. The van der Waals surface area contributed by atoms with E-state index >= 15 is 0 Å². The van der Waals surface area contributed by atoms with Gasteiger partial charge in [-0.1, -0.05) is 0 Å². The van der Waals surface area contributed by atoms with Crippen LogP contribution in [0.3, 0.4) is 0 Å². The summed E-state index contributed by atoms with van der Waals surface area (Å²) < 4.78 is 0. The van der Waals surface area contributed by atoms with Crippen LogP contribution in [-0.4, -0.2) is 33.2 Å². The van der Waals surface area contributed by atoms with E-state index in [-0.39, 0.29) is 0 Å². The highest BCUT2D eigenvalue weighted by molar-refractivity contribution is 6.35. The Bertz CT molecular complexity index is 704. The van der Waals surface area contributed by atoms with Crippen molar-refractivity contribution in [2.45, 2.75) is 13.8 Å². The number of rotatable bonds is 4. The maximum absolute atomic E-state index is 11.7. The van der Waals surface area contributed by atoms with Crippen molar-refractivity contribution in [2.75, 3.05) is 0 Å². The van der Waals surface area contributed by atoms with Crippen LogP contribution in [0.5, 0.6) is 0 Å². The van der Waals surface area contributed by atoms with Crippen molar-refractivity contribution in [3.8, 4) is 0 Å². The molecule has 2 N–H and O–H groups in total. The van der Waals surface area contributed by atoms with Crippen LogP contribution in [0.4, 0.5) is 0 Å². The molecule has 0 saturated heterocycles. The van der Waals surface area contributed by atoms with Crippen molar-refractivity contribution in [1.82, 2.24) is 20.8 Å². The van der Waals surface area contributed by atoms with E-state index in [4.69, 9.17) is 0 Å². The van der Waals surface area contributed by atoms with E-state index in [0.717, 1.165) is 11.1 Å². The fraction of sp³-hybridized carbons (Fsp3) is 0.125. The molecule has 0 fully saturated rings. The molecule has 0 radical (unpaired) electrons. The van der Waals surface area contributed by atoms with Crippen molar-refractivity contribution in [2.24, 2.45) is 10.2 Å². The second kappa shape index (κ2) is 8.28. The quantitative estimate of drug-likeness (QED) is 0.494. The van der Waals surface area contributed by atoms with Crippen molar-refractivity contribution in [1.29, 1.82) is 0 Å². The summed E-state index contributed by atoms with van der Waals surface area (Å²) in [5.74, 6) is -1.82. The first kappa shape index (κ1) is 16.9. The highest BCUT2D eigenvalue weighted by Gasteiger charge is 2.12. The first-order chi connectivity index (χ1) is 11.6. The molecule has 2 rings (SSSR count). The minimum atomic E-state index is -0.908. The number of nitrogens with zero attached hydrogens (tertiary/aromatic N) is 4. The molecular formula is C16H16N6O2. The minimum Gasteiger partial charge on any atom is -0.265 e. The van der Waals surface area contributed by atoms with Crippen LogP contribution in [-0.2, 0) is 9.59 Å². The molecule has 0 saturated carbocycles. The average molecular weight is 324 g/mol. The molecule has 0 spiro atoms. The Balaban J connectivity index is 1.92. The lowest BCUT2D eigenvalue weighted by Gasteiger charge is -2.03. The van der Waals surface area contributed by atoms with Gasteiger partial charge in [0.1, 0.15) is 0 Å². The zero-order valence-electron chi connectivity index (χ0n) is 13.2. The number of nitrogens with one attached hydrogen (secondary N) is 2. The largest absolute Gasteiger partial charge is 0.331 e. The van der Waals surface area contributed by atoms with Gasteiger partial charge in [-0.25, -0.2) is 10.9 Å².